The molecule has 0 radical (unpaired) electrons. The second kappa shape index (κ2) is 14.5. The van der Waals surface area contributed by atoms with Gasteiger partial charge in [0, 0.05) is 18.5 Å². The number of aromatic nitrogens is 7. The fraction of sp³-hybridized carbons (Fsp3) is 0.556. The van der Waals surface area contributed by atoms with Crippen molar-refractivity contribution in [2.75, 3.05) is 38.7 Å². The average molecular weight is 808 g/mol. The molecule has 1 amide bonds. The number of H-pyrrole nitrogens is 1. The van der Waals surface area contributed by atoms with Crippen LogP contribution in [-0.2, 0) is 49.7 Å². The van der Waals surface area contributed by atoms with E-state index in [2.05, 4.69) is 47.8 Å². The van der Waals surface area contributed by atoms with Gasteiger partial charge in [0.05, 0.1) is 38.5 Å². The Morgan fingerprint density at radius 3 is 2.85 bits per heavy atom. The molecule has 2 bridgehead atoms. The zero-order chi connectivity index (χ0) is 37.0. The molecule has 2 aliphatic heterocycles. The van der Waals surface area contributed by atoms with Crippen molar-refractivity contribution in [3.8, 4) is 0 Å². The smallest absolute Gasteiger partial charge is 0.385 e. The second-order valence-electron chi connectivity index (χ2n) is 12.4. The van der Waals surface area contributed by atoms with Gasteiger partial charge >= 0.3 is 13.5 Å². The molecule has 3 fully saturated rings. The third kappa shape index (κ3) is 6.98. The van der Waals surface area contributed by atoms with Gasteiger partial charge in [-0.25, -0.2) is 33.3 Å². The maximum Gasteiger partial charge on any atom is 0.386 e. The summed E-state index contributed by atoms with van der Waals surface area (Å²) in [5.41, 5.74) is -2.95. The molecule has 52 heavy (non-hydrogen) atoms. The number of carbonyl (C=O) groups excluding carboxylic acids is 1. The van der Waals surface area contributed by atoms with Crippen molar-refractivity contribution in [1.82, 2.24) is 39.4 Å². The Labute approximate surface area is 302 Å². The summed E-state index contributed by atoms with van der Waals surface area (Å²) in [6, 6.07) is -1.05. The maximum atomic E-state index is 16.5. The third-order valence-electron chi connectivity index (χ3n) is 9.15. The van der Waals surface area contributed by atoms with Crippen LogP contribution in [0.2, 0.25) is 0 Å². The zero-order valence-electron chi connectivity index (χ0n) is 27.1. The van der Waals surface area contributed by atoms with Gasteiger partial charge in [-0.1, -0.05) is 12.2 Å². The van der Waals surface area contributed by atoms with E-state index in [-0.39, 0.29) is 41.4 Å². The predicted octanol–water partition coefficient (Wildman–Crippen LogP) is 1.66. The van der Waals surface area contributed by atoms with E-state index < -0.39 is 92.3 Å². The van der Waals surface area contributed by atoms with Crippen LogP contribution in [0.5, 0.6) is 0 Å². The third-order valence-corrected chi connectivity index (χ3v) is 12.3. The lowest BCUT2D eigenvalue weighted by molar-refractivity contribution is -0.116. The molecular formula is C27H33F2N9O10P2S2. The van der Waals surface area contributed by atoms with E-state index in [1.807, 2.05) is 0 Å². The summed E-state index contributed by atoms with van der Waals surface area (Å²) >= 11 is 9.41. The van der Waals surface area contributed by atoms with Gasteiger partial charge in [-0.15, -0.1) is 0 Å². The van der Waals surface area contributed by atoms with Gasteiger partial charge in [-0.2, -0.15) is 0 Å². The lowest BCUT2D eigenvalue weighted by atomic mass is 10.1. The highest BCUT2D eigenvalue weighted by Crippen LogP contribution is 2.60. The Balaban J connectivity index is 1.19. The number of aromatic amines is 1. The minimum atomic E-state index is -4.45. The number of amides is 1. The van der Waals surface area contributed by atoms with Crippen molar-refractivity contribution < 1.29 is 51.0 Å². The molecule has 4 aromatic rings. The molecule has 1 aliphatic carbocycles. The number of nitrogens with zero attached hydrogens (tertiary/aromatic N) is 6. The first-order chi connectivity index (χ1) is 24.7. The molecule has 0 aromatic carbocycles. The average Bonchev–Trinajstić information content (AvgIpc) is 3.83. The summed E-state index contributed by atoms with van der Waals surface area (Å²) < 4.78 is 76.0. The number of halogens is 2. The highest BCUT2D eigenvalue weighted by Gasteiger charge is 2.57. The molecular weight excluding hydrogens is 774 g/mol. The Morgan fingerprint density at radius 1 is 1.25 bits per heavy atom. The first kappa shape index (κ1) is 37.5. The first-order valence-corrected chi connectivity index (χ1v) is 21.2. The van der Waals surface area contributed by atoms with Gasteiger partial charge in [0.25, 0.3) is 5.56 Å². The highest BCUT2D eigenvalue weighted by atomic mass is 32.7. The van der Waals surface area contributed by atoms with Crippen LogP contribution in [0.3, 0.4) is 0 Å². The molecule has 0 spiro atoms. The molecule has 6 heterocycles. The number of aliphatic hydroxyl groups excluding tert-OH is 1. The largest absolute Gasteiger partial charge is 0.386 e. The highest BCUT2D eigenvalue weighted by molar-refractivity contribution is 8.44. The van der Waals surface area contributed by atoms with Crippen LogP contribution in [0.4, 0.5) is 14.6 Å². The Kier molecular flexibility index (Phi) is 10.4. The number of thiol groups is 1. The number of ether oxygens (including phenoxy) is 1. The Hall–Kier alpha value is -2.79. The number of aliphatic hydroxyl groups is 1. The molecule has 7 rings (SSSR count). The quantitative estimate of drug-likeness (QED) is 0.0884. The van der Waals surface area contributed by atoms with E-state index in [0.717, 1.165) is 17.1 Å². The fourth-order valence-corrected chi connectivity index (χ4v) is 9.86. The van der Waals surface area contributed by atoms with E-state index in [9.17, 15) is 24.2 Å². The molecule has 5 N–H and O–H groups in total. The SMILES string of the molecule is CNCCCC(=O)Nc1ncnc2c1ncn2[C@@H]1CC2COP(O)(=S)O[C@]3(n4cc(F)c5c(=O)[nH]cnc54)CO[C@H](COP(=O)(S)O[C@H]2[C@H]1F)[C@H]3O. The molecule has 3 unspecified atom stereocenters. The fourth-order valence-electron chi connectivity index (χ4n) is 6.69. The number of anilines is 1. The van der Waals surface area contributed by atoms with Crippen molar-refractivity contribution in [2.24, 2.45) is 5.92 Å². The number of nitrogens with one attached hydrogen (secondary N) is 3. The van der Waals surface area contributed by atoms with Gasteiger partial charge in [0.2, 0.25) is 11.6 Å². The minimum Gasteiger partial charge on any atom is -0.385 e. The number of hydrogen-bond acceptors (Lipinski definition) is 15. The Bertz CT molecular complexity index is 2160. The van der Waals surface area contributed by atoms with Crippen LogP contribution in [0.15, 0.2) is 30.0 Å². The molecule has 2 saturated heterocycles. The van der Waals surface area contributed by atoms with Crippen LogP contribution in [0.25, 0.3) is 22.2 Å². The van der Waals surface area contributed by atoms with Gasteiger partial charge in [0.1, 0.15) is 36.2 Å². The molecule has 4 aromatic heterocycles. The molecule has 282 valence electrons. The number of imidazole rings is 1. The standard InChI is InChI=1S/C27H33F2N9O10P2S2/c1-30-4-2-3-17(39)36-23-20-25(33-10-31-23)37(12-35-20)15-5-13-7-45-50(43,52)48-27(38-6-14(28)18-24(38)32-11-34-26(18)41)9-44-16(22(27)40)8-46-49(42,51)47-21(13)19(15)29/h6,10-13,15-16,19,21-22,30,40H,2-5,7-9H2,1H3,(H,42,51)(H,43,52)(H,32,34,41)(H,31,33,36,39)/t13?,15-,16-,19+,21-,22-,27-,49?,50?/m1/s1. The van der Waals surface area contributed by atoms with E-state index in [0.29, 0.717) is 13.0 Å². The van der Waals surface area contributed by atoms with Gasteiger partial charge in [-0.05, 0) is 38.2 Å². The molecule has 19 nitrogen and oxygen atoms in total. The van der Waals surface area contributed by atoms with Crippen molar-refractivity contribution in [2.45, 2.75) is 55.5 Å². The van der Waals surface area contributed by atoms with Gasteiger partial charge in [0.15, 0.2) is 28.4 Å². The topological polar surface area (TPSA) is 239 Å². The van der Waals surface area contributed by atoms with Crippen LogP contribution < -0.4 is 16.2 Å². The van der Waals surface area contributed by atoms with Crippen molar-refractivity contribution >= 4 is 71.5 Å². The number of rotatable bonds is 7. The minimum absolute atomic E-state index is 0.0598. The van der Waals surface area contributed by atoms with Crippen LogP contribution >= 0.6 is 25.8 Å². The lowest BCUT2D eigenvalue weighted by Gasteiger charge is -2.36. The second-order valence-corrected chi connectivity index (χ2v) is 18.1. The number of alkyl halides is 1. The van der Waals surface area contributed by atoms with Gasteiger partial charge < -0.3 is 39.4 Å². The number of fused-ring (bicyclic) bond motifs is 5. The summed E-state index contributed by atoms with van der Waals surface area (Å²) in [5, 5.41) is 16.7. The molecule has 25 heteroatoms. The van der Waals surface area contributed by atoms with Crippen LogP contribution in [-0.4, -0.2) is 108 Å². The van der Waals surface area contributed by atoms with Crippen molar-refractivity contribution in [1.29, 1.82) is 0 Å². The van der Waals surface area contributed by atoms with E-state index >= 15 is 8.78 Å². The zero-order valence-corrected chi connectivity index (χ0v) is 30.6. The molecule has 1 saturated carbocycles. The predicted molar refractivity (Wildman–Crippen MR) is 184 cm³/mol. The molecule has 3 aliphatic rings. The van der Waals surface area contributed by atoms with E-state index in [1.54, 1.807) is 7.05 Å². The first-order valence-electron chi connectivity index (χ1n) is 15.9. The van der Waals surface area contributed by atoms with Crippen molar-refractivity contribution in [3.05, 3.63) is 41.3 Å². The summed E-state index contributed by atoms with van der Waals surface area (Å²) in [6.45, 7) is -9.99. The Morgan fingerprint density at radius 2 is 2.06 bits per heavy atom. The van der Waals surface area contributed by atoms with Crippen LogP contribution in [0.1, 0.15) is 25.3 Å². The summed E-state index contributed by atoms with van der Waals surface area (Å²) in [6.07, 6.45) is -1.51. The maximum absolute atomic E-state index is 16.5. The molecule has 9 atom stereocenters. The van der Waals surface area contributed by atoms with E-state index in [4.69, 9.17) is 34.6 Å². The normalized spacial score (nSPS) is 34.1. The van der Waals surface area contributed by atoms with E-state index in [1.165, 1.54) is 17.2 Å². The summed E-state index contributed by atoms with van der Waals surface area (Å²) in [5.74, 6) is -2.16. The number of carbonyl (C=O) groups is 1. The number of hydrogen-bond donors (Lipinski definition) is 6. The summed E-state index contributed by atoms with van der Waals surface area (Å²) in [4.78, 5) is 55.3. The lowest BCUT2D eigenvalue weighted by Crippen LogP contribution is -2.48. The van der Waals surface area contributed by atoms with Gasteiger partial charge in [-0.3, -0.25) is 27.7 Å². The monoisotopic (exact) mass is 807 g/mol. The van der Waals surface area contributed by atoms with Crippen LogP contribution in [0, 0.1) is 11.7 Å². The summed E-state index contributed by atoms with van der Waals surface area (Å²) in [7, 11) is 1.77. The van der Waals surface area contributed by atoms with Crippen molar-refractivity contribution in [3.63, 3.8) is 0 Å².